The van der Waals surface area contributed by atoms with Gasteiger partial charge in [0.2, 0.25) is 11.8 Å². The zero-order chi connectivity index (χ0) is 41.9. The summed E-state index contributed by atoms with van der Waals surface area (Å²) >= 11 is 12.3. The first kappa shape index (κ1) is 41.6. The van der Waals surface area contributed by atoms with Crippen LogP contribution in [0.25, 0.3) is 11.1 Å². The fourth-order valence-corrected chi connectivity index (χ4v) is 9.17. The number of nitrogens with two attached hydrogens (primary N) is 1. The number of unbranched alkanes of at least 4 members (excludes halogenated alkanes) is 3. The minimum atomic E-state index is -0.980. The lowest BCUT2D eigenvalue weighted by Crippen LogP contribution is -2.55. The molecule has 4 aliphatic heterocycles. The van der Waals surface area contributed by atoms with Gasteiger partial charge >= 0.3 is 0 Å². The maximum Gasteiger partial charge on any atom is 0.264 e. The molecule has 6 heterocycles. The molecule has 0 radical (unpaired) electrons. The van der Waals surface area contributed by atoms with Crippen molar-refractivity contribution < 1.29 is 28.3 Å². The van der Waals surface area contributed by atoms with Crippen LogP contribution in [0.4, 0.5) is 15.9 Å². The zero-order valence-electron chi connectivity index (χ0n) is 33.2. The molecule has 3 fully saturated rings. The normalized spacial score (nSPS) is 19.1. The van der Waals surface area contributed by atoms with Crippen LogP contribution in [0.15, 0.2) is 55.0 Å². The third kappa shape index (κ3) is 8.99. The van der Waals surface area contributed by atoms with Gasteiger partial charge in [-0.15, -0.1) is 0 Å². The van der Waals surface area contributed by atoms with Gasteiger partial charge in [0.25, 0.3) is 11.8 Å². The summed E-state index contributed by atoms with van der Waals surface area (Å²) in [6, 6.07) is 9.23. The van der Waals surface area contributed by atoms with Crippen molar-refractivity contribution in [3.8, 4) is 16.9 Å². The molecule has 0 saturated carbocycles. The molecule has 60 heavy (non-hydrogen) atoms. The highest BCUT2D eigenvalue weighted by atomic mass is 35.5. The number of halogens is 3. The fourth-order valence-electron chi connectivity index (χ4n) is 8.61. The van der Waals surface area contributed by atoms with Crippen LogP contribution in [0.3, 0.4) is 0 Å². The average Bonchev–Trinajstić information content (AvgIpc) is 3.82. The number of benzene rings is 2. The largest absolute Gasteiger partial charge is 0.489 e. The summed E-state index contributed by atoms with van der Waals surface area (Å²) in [6.07, 6.45) is 12.8. The van der Waals surface area contributed by atoms with E-state index in [-0.39, 0.29) is 41.9 Å². The van der Waals surface area contributed by atoms with Crippen LogP contribution in [0.5, 0.6) is 5.75 Å². The number of nitrogens with zero attached hydrogens (tertiary/aromatic N) is 6. The molecule has 8 rings (SSSR count). The van der Waals surface area contributed by atoms with Crippen LogP contribution < -0.4 is 21.1 Å². The molecular formula is C43H48Cl2FN9O5. The average molecular weight is 861 g/mol. The van der Waals surface area contributed by atoms with Crippen molar-refractivity contribution in [1.82, 2.24) is 34.8 Å². The standard InChI is InChI=1S/C43H48Cl2FN9O5/c44-32-8-9-33(46)39(45)30(32)14-19-60-36-20-26(21-48-40(36)47)27-22-49-54(23-27)29-12-17-52(18-13-29)15-3-1-2-4-16-53-24-28(25-53)50-34-7-5-6-31-38(34)43(59)55(42(31)58)35-10-11-37(56)51-41(35)57/h5-9,20-23,28-29,35,50H,1-4,10-19,24-25H2,(H2,47,48)(H,51,56,57)/t35-/m0/s1. The smallest absolute Gasteiger partial charge is 0.264 e. The maximum absolute atomic E-state index is 13.9. The summed E-state index contributed by atoms with van der Waals surface area (Å²) in [5, 5.41) is 10.8. The van der Waals surface area contributed by atoms with E-state index >= 15 is 0 Å². The van der Waals surface area contributed by atoms with Crippen molar-refractivity contribution in [2.75, 3.05) is 56.9 Å². The van der Waals surface area contributed by atoms with Crippen molar-refractivity contribution in [3.63, 3.8) is 0 Å². The monoisotopic (exact) mass is 859 g/mol. The van der Waals surface area contributed by atoms with Crippen molar-refractivity contribution >= 4 is 58.3 Å². The van der Waals surface area contributed by atoms with Gasteiger partial charge in [-0.05, 0) is 81.1 Å². The van der Waals surface area contributed by atoms with Gasteiger partial charge in [-0.1, -0.05) is 42.1 Å². The Balaban J connectivity index is 0.712. The lowest BCUT2D eigenvalue weighted by Gasteiger charge is -2.40. The summed E-state index contributed by atoms with van der Waals surface area (Å²) in [5.41, 5.74) is 9.54. The second-order valence-corrected chi connectivity index (χ2v) is 16.8. The number of hydrogen-bond acceptors (Lipinski definition) is 11. The Bertz CT molecular complexity index is 2280. The van der Waals surface area contributed by atoms with Crippen molar-refractivity contribution in [1.29, 1.82) is 0 Å². The molecule has 14 nitrogen and oxygen atoms in total. The van der Waals surface area contributed by atoms with Crippen LogP contribution in [0, 0.1) is 5.82 Å². The highest BCUT2D eigenvalue weighted by Crippen LogP contribution is 2.34. The fraction of sp³-hybridized carbons (Fsp3) is 0.442. The Morgan fingerprint density at radius 1 is 0.917 bits per heavy atom. The summed E-state index contributed by atoms with van der Waals surface area (Å²) in [7, 11) is 0. The molecule has 0 bridgehead atoms. The number of anilines is 2. The number of aromatic nitrogens is 3. The molecule has 4 amide bonds. The number of likely N-dealkylation sites (tertiary alicyclic amines) is 2. The van der Waals surface area contributed by atoms with Gasteiger partial charge in [0.05, 0.1) is 41.0 Å². The number of ether oxygens (including phenoxy) is 1. The van der Waals surface area contributed by atoms with Gasteiger partial charge in [0.1, 0.15) is 11.9 Å². The van der Waals surface area contributed by atoms with E-state index in [9.17, 15) is 23.6 Å². The number of carbonyl (C=O) groups is 4. The molecule has 4 aliphatic rings. The van der Waals surface area contributed by atoms with E-state index in [1.807, 2.05) is 12.3 Å². The van der Waals surface area contributed by atoms with Gasteiger partial charge < -0.3 is 20.7 Å². The predicted octanol–water partition coefficient (Wildman–Crippen LogP) is 5.99. The van der Waals surface area contributed by atoms with Crippen LogP contribution in [-0.4, -0.2) is 111 Å². The van der Waals surface area contributed by atoms with Crippen LogP contribution in [0.2, 0.25) is 10.0 Å². The van der Waals surface area contributed by atoms with E-state index in [4.69, 9.17) is 33.7 Å². The molecule has 2 aromatic carbocycles. The van der Waals surface area contributed by atoms with E-state index in [0.717, 1.165) is 74.6 Å². The predicted molar refractivity (Wildman–Crippen MR) is 226 cm³/mol. The van der Waals surface area contributed by atoms with Crippen molar-refractivity contribution in [2.24, 2.45) is 0 Å². The quantitative estimate of drug-likeness (QED) is 0.0688. The number of pyridine rings is 1. The maximum atomic E-state index is 13.9. The molecular weight excluding hydrogens is 812 g/mol. The molecule has 4 N–H and O–H groups in total. The molecule has 316 valence electrons. The Labute approximate surface area is 357 Å². The first-order chi connectivity index (χ1) is 29.0. The minimum absolute atomic E-state index is 0.00903. The highest BCUT2D eigenvalue weighted by Gasteiger charge is 2.46. The Morgan fingerprint density at radius 3 is 2.45 bits per heavy atom. The molecule has 0 unspecified atom stereocenters. The first-order valence-electron chi connectivity index (χ1n) is 20.6. The lowest BCUT2D eigenvalue weighted by atomic mass is 10.0. The van der Waals surface area contributed by atoms with Crippen LogP contribution in [-0.2, 0) is 16.0 Å². The van der Waals surface area contributed by atoms with Crippen molar-refractivity contribution in [2.45, 2.75) is 75.9 Å². The molecule has 3 saturated heterocycles. The van der Waals surface area contributed by atoms with E-state index in [2.05, 4.69) is 41.4 Å². The van der Waals surface area contributed by atoms with Gasteiger partial charge in [-0.3, -0.25) is 39.0 Å². The van der Waals surface area contributed by atoms with Gasteiger partial charge in [-0.25, -0.2) is 9.37 Å². The minimum Gasteiger partial charge on any atom is -0.489 e. The number of carbonyl (C=O) groups excluding carboxylic acids is 4. The Hall–Kier alpha value is -5.09. The Morgan fingerprint density at radius 2 is 1.68 bits per heavy atom. The Kier molecular flexibility index (Phi) is 12.7. The highest BCUT2D eigenvalue weighted by molar-refractivity contribution is 6.36. The number of imide groups is 2. The number of fused-ring (bicyclic) bond motifs is 1. The number of nitrogen functional groups attached to an aromatic ring is 1. The summed E-state index contributed by atoms with van der Waals surface area (Å²) in [6.45, 7) is 6.07. The number of nitrogens with one attached hydrogen (secondary N) is 2. The SMILES string of the molecule is Nc1ncc(-c2cnn(C3CCN(CCCCCCN4CC(Nc5cccc6c5C(=O)N([C@H]5CCC(=O)NC5=O)C6=O)C4)CC3)c2)cc1OCCc1c(Cl)ccc(F)c1Cl. The van der Waals surface area contributed by atoms with Crippen LogP contribution >= 0.6 is 23.2 Å². The number of rotatable bonds is 16. The molecule has 0 aliphatic carbocycles. The van der Waals surface area contributed by atoms with Crippen LogP contribution in [0.1, 0.15) is 83.7 Å². The van der Waals surface area contributed by atoms with E-state index in [1.54, 1.807) is 24.4 Å². The molecule has 1 atom stereocenters. The molecule has 2 aromatic heterocycles. The molecule has 4 aromatic rings. The summed E-state index contributed by atoms with van der Waals surface area (Å²) in [4.78, 5) is 60.9. The van der Waals surface area contributed by atoms with Crippen molar-refractivity contribution in [3.05, 3.63) is 87.5 Å². The van der Waals surface area contributed by atoms with Gasteiger partial charge in [-0.2, -0.15) is 5.10 Å². The zero-order valence-corrected chi connectivity index (χ0v) is 34.7. The number of piperidine rings is 2. The summed E-state index contributed by atoms with van der Waals surface area (Å²) in [5.74, 6) is -1.84. The van der Waals surface area contributed by atoms with Gasteiger partial charge in [0.15, 0.2) is 11.6 Å². The van der Waals surface area contributed by atoms with E-state index in [0.29, 0.717) is 40.0 Å². The second-order valence-electron chi connectivity index (χ2n) is 16.0. The number of hydrogen-bond donors (Lipinski definition) is 3. The summed E-state index contributed by atoms with van der Waals surface area (Å²) < 4.78 is 21.9. The third-order valence-electron chi connectivity index (χ3n) is 12.0. The first-order valence-corrected chi connectivity index (χ1v) is 21.4. The molecule has 17 heteroatoms. The second kappa shape index (κ2) is 18.3. The van der Waals surface area contributed by atoms with E-state index in [1.165, 1.54) is 31.4 Å². The van der Waals surface area contributed by atoms with E-state index < -0.39 is 35.5 Å². The lowest BCUT2D eigenvalue weighted by molar-refractivity contribution is -0.136. The third-order valence-corrected chi connectivity index (χ3v) is 12.7. The topological polar surface area (TPSA) is 168 Å². The number of amides is 4. The van der Waals surface area contributed by atoms with Gasteiger partial charge in [0, 0.05) is 73.3 Å². The molecule has 0 spiro atoms.